The van der Waals surface area contributed by atoms with E-state index in [4.69, 9.17) is 16.0 Å². The van der Waals surface area contributed by atoms with Gasteiger partial charge in [0.15, 0.2) is 0 Å². The highest BCUT2D eigenvalue weighted by atomic mass is 35.5. The van der Waals surface area contributed by atoms with Crippen LogP contribution in [-0.4, -0.2) is 5.88 Å². The Hall–Kier alpha value is -0.430. The van der Waals surface area contributed by atoms with E-state index in [2.05, 4.69) is 0 Å². The van der Waals surface area contributed by atoms with Crippen molar-refractivity contribution in [2.45, 2.75) is 13.3 Å². The van der Waals surface area contributed by atoms with Crippen molar-refractivity contribution in [3.63, 3.8) is 0 Å². The van der Waals surface area contributed by atoms with E-state index in [1.54, 1.807) is 0 Å². The van der Waals surface area contributed by atoms with Gasteiger partial charge in [0.1, 0.15) is 11.5 Å². The second-order valence-electron chi connectivity index (χ2n) is 1.95. The molecular weight excluding hydrogens is 136 g/mol. The molecule has 0 fully saturated rings. The molecule has 0 radical (unpaired) electrons. The van der Waals surface area contributed by atoms with Crippen molar-refractivity contribution in [2.24, 2.45) is 0 Å². The Balaban J connectivity index is 2.61. The van der Waals surface area contributed by atoms with Gasteiger partial charge in [-0.05, 0) is 19.1 Å². The lowest BCUT2D eigenvalue weighted by Gasteiger charge is -1.86. The number of rotatable bonds is 2. The Morgan fingerprint density at radius 1 is 1.56 bits per heavy atom. The topological polar surface area (TPSA) is 13.1 Å². The van der Waals surface area contributed by atoms with Crippen molar-refractivity contribution in [3.05, 3.63) is 23.7 Å². The van der Waals surface area contributed by atoms with E-state index in [1.165, 1.54) is 0 Å². The van der Waals surface area contributed by atoms with Gasteiger partial charge in [0.25, 0.3) is 0 Å². The lowest BCUT2D eigenvalue weighted by atomic mass is 10.4. The monoisotopic (exact) mass is 144 g/mol. The second-order valence-corrected chi connectivity index (χ2v) is 2.33. The molecular formula is C7H9ClO. The minimum absolute atomic E-state index is 0.632. The van der Waals surface area contributed by atoms with Crippen LogP contribution in [0.25, 0.3) is 0 Å². The van der Waals surface area contributed by atoms with Gasteiger partial charge >= 0.3 is 0 Å². The Labute approximate surface area is 59.6 Å². The summed E-state index contributed by atoms with van der Waals surface area (Å²) in [5.74, 6) is 2.56. The molecule has 2 heteroatoms. The number of alkyl halides is 1. The SMILES string of the molecule is Cc1ccc(CCCl)o1. The average Bonchev–Trinajstić information content (AvgIpc) is 2.17. The standard InChI is InChI=1S/C7H9ClO/c1-6-2-3-7(9-6)4-5-8/h2-3H,4-5H2,1H3. The van der Waals surface area contributed by atoms with Crippen molar-refractivity contribution in [1.82, 2.24) is 0 Å². The zero-order valence-electron chi connectivity index (χ0n) is 5.36. The molecule has 0 bridgehead atoms. The summed E-state index contributed by atoms with van der Waals surface area (Å²) in [5.41, 5.74) is 0. The quantitative estimate of drug-likeness (QED) is 0.581. The molecule has 0 N–H and O–H groups in total. The molecule has 50 valence electrons. The molecule has 0 spiro atoms. The maximum atomic E-state index is 5.49. The first kappa shape index (κ1) is 6.69. The fourth-order valence-corrected chi connectivity index (χ4v) is 0.899. The van der Waals surface area contributed by atoms with Gasteiger partial charge in [-0.1, -0.05) is 0 Å². The predicted molar refractivity (Wildman–Crippen MR) is 37.9 cm³/mol. The van der Waals surface area contributed by atoms with Gasteiger partial charge in [-0.25, -0.2) is 0 Å². The van der Waals surface area contributed by atoms with Gasteiger partial charge in [-0.2, -0.15) is 0 Å². The molecule has 0 saturated heterocycles. The van der Waals surface area contributed by atoms with Crippen LogP contribution >= 0.6 is 11.6 Å². The summed E-state index contributed by atoms with van der Waals surface area (Å²) in [6.45, 7) is 1.93. The maximum absolute atomic E-state index is 5.49. The van der Waals surface area contributed by atoms with Crippen LogP contribution in [0.4, 0.5) is 0 Å². The van der Waals surface area contributed by atoms with Gasteiger partial charge in [0.2, 0.25) is 0 Å². The maximum Gasteiger partial charge on any atom is 0.105 e. The van der Waals surface area contributed by atoms with Crippen LogP contribution in [0.1, 0.15) is 11.5 Å². The van der Waals surface area contributed by atoms with Crippen molar-refractivity contribution in [1.29, 1.82) is 0 Å². The zero-order chi connectivity index (χ0) is 6.69. The second kappa shape index (κ2) is 2.92. The highest BCUT2D eigenvalue weighted by Gasteiger charge is 1.94. The van der Waals surface area contributed by atoms with Gasteiger partial charge in [-0.15, -0.1) is 11.6 Å². The van der Waals surface area contributed by atoms with Crippen LogP contribution in [-0.2, 0) is 6.42 Å². The van der Waals surface area contributed by atoms with Crippen LogP contribution in [0.2, 0.25) is 0 Å². The van der Waals surface area contributed by atoms with E-state index in [1.807, 2.05) is 19.1 Å². The normalized spacial score (nSPS) is 10.0. The van der Waals surface area contributed by atoms with Gasteiger partial charge in [0, 0.05) is 12.3 Å². The zero-order valence-corrected chi connectivity index (χ0v) is 6.11. The largest absolute Gasteiger partial charge is 0.466 e. The first-order valence-electron chi connectivity index (χ1n) is 2.94. The average molecular weight is 145 g/mol. The molecule has 9 heavy (non-hydrogen) atoms. The van der Waals surface area contributed by atoms with E-state index < -0.39 is 0 Å². The Morgan fingerprint density at radius 3 is 2.78 bits per heavy atom. The Morgan fingerprint density at radius 2 is 2.33 bits per heavy atom. The van der Waals surface area contributed by atoms with E-state index in [0.29, 0.717) is 5.88 Å². The van der Waals surface area contributed by atoms with Crippen molar-refractivity contribution in [3.8, 4) is 0 Å². The lowest BCUT2D eigenvalue weighted by molar-refractivity contribution is 0.489. The predicted octanol–water partition coefficient (Wildman–Crippen LogP) is 2.37. The molecule has 1 nitrogen and oxygen atoms in total. The Kier molecular flexibility index (Phi) is 2.17. The van der Waals surface area contributed by atoms with Gasteiger partial charge in [-0.3, -0.25) is 0 Å². The first-order valence-corrected chi connectivity index (χ1v) is 3.47. The molecule has 0 aliphatic carbocycles. The van der Waals surface area contributed by atoms with Crippen LogP contribution in [0, 0.1) is 6.92 Å². The molecule has 1 rings (SSSR count). The molecule has 0 aliphatic rings. The minimum atomic E-state index is 0.632. The molecule has 1 aromatic heterocycles. The fraction of sp³-hybridized carbons (Fsp3) is 0.429. The van der Waals surface area contributed by atoms with E-state index >= 15 is 0 Å². The van der Waals surface area contributed by atoms with E-state index in [0.717, 1.165) is 17.9 Å². The van der Waals surface area contributed by atoms with Gasteiger partial charge < -0.3 is 4.42 Å². The van der Waals surface area contributed by atoms with E-state index in [9.17, 15) is 0 Å². The third-order valence-corrected chi connectivity index (χ3v) is 1.33. The van der Waals surface area contributed by atoms with Crippen LogP contribution < -0.4 is 0 Å². The molecule has 0 aromatic carbocycles. The van der Waals surface area contributed by atoms with Crippen molar-refractivity contribution < 1.29 is 4.42 Å². The highest BCUT2D eigenvalue weighted by Crippen LogP contribution is 2.06. The molecule has 0 aliphatic heterocycles. The number of aryl methyl sites for hydroxylation is 2. The molecule has 0 unspecified atom stereocenters. The molecule has 0 amide bonds. The summed E-state index contributed by atoms with van der Waals surface area (Å²) in [5, 5.41) is 0. The van der Waals surface area contributed by atoms with Crippen LogP contribution in [0.5, 0.6) is 0 Å². The Bertz CT molecular complexity index is 181. The molecule has 0 atom stereocenters. The summed E-state index contributed by atoms with van der Waals surface area (Å²) >= 11 is 5.49. The number of halogens is 1. The molecule has 1 heterocycles. The highest BCUT2D eigenvalue weighted by molar-refractivity contribution is 6.17. The summed E-state index contributed by atoms with van der Waals surface area (Å²) in [6, 6.07) is 3.90. The summed E-state index contributed by atoms with van der Waals surface area (Å²) < 4.78 is 5.24. The molecule has 0 saturated carbocycles. The van der Waals surface area contributed by atoms with Gasteiger partial charge in [0.05, 0.1) is 0 Å². The number of hydrogen-bond donors (Lipinski definition) is 0. The first-order chi connectivity index (χ1) is 4.33. The smallest absolute Gasteiger partial charge is 0.105 e. The minimum Gasteiger partial charge on any atom is -0.466 e. The van der Waals surface area contributed by atoms with E-state index in [-0.39, 0.29) is 0 Å². The number of hydrogen-bond acceptors (Lipinski definition) is 1. The third-order valence-electron chi connectivity index (χ3n) is 1.14. The van der Waals surface area contributed by atoms with Crippen molar-refractivity contribution in [2.75, 3.05) is 5.88 Å². The number of furan rings is 1. The molecule has 1 aromatic rings. The summed E-state index contributed by atoms with van der Waals surface area (Å²) in [7, 11) is 0. The summed E-state index contributed by atoms with van der Waals surface area (Å²) in [4.78, 5) is 0. The van der Waals surface area contributed by atoms with Crippen LogP contribution in [0.3, 0.4) is 0 Å². The fourth-order valence-electron chi connectivity index (χ4n) is 0.713. The third kappa shape index (κ3) is 1.75. The summed E-state index contributed by atoms with van der Waals surface area (Å²) in [6.07, 6.45) is 0.829. The van der Waals surface area contributed by atoms with Crippen molar-refractivity contribution >= 4 is 11.6 Å². The lowest BCUT2D eigenvalue weighted by Crippen LogP contribution is -1.79. The van der Waals surface area contributed by atoms with Crippen LogP contribution in [0.15, 0.2) is 16.5 Å².